The normalized spacial score (nSPS) is 21.9. The molecule has 0 unspecified atom stereocenters. The summed E-state index contributed by atoms with van der Waals surface area (Å²) in [5, 5.41) is 13.6. The van der Waals surface area contributed by atoms with Gasteiger partial charge in [-0.15, -0.1) is 0 Å². The van der Waals surface area contributed by atoms with Crippen LogP contribution in [0.15, 0.2) is 18.3 Å². The summed E-state index contributed by atoms with van der Waals surface area (Å²) >= 11 is 0. The number of carbonyl (C=O) groups excluding carboxylic acids is 1. The molecule has 3 rings (SSSR count). The molecule has 9 heteroatoms. The van der Waals surface area contributed by atoms with Gasteiger partial charge in [0.05, 0.1) is 31.0 Å². The van der Waals surface area contributed by atoms with Crippen LogP contribution in [0.1, 0.15) is 40.0 Å². The number of hydrogen-bond donors (Lipinski definition) is 2. The van der Waals surface area contributed by atoms with E-state index in [1.807, 2.05) is 0 Å². The Labute approximate surface area is 175 Å². The van der Waals surface area contributed by atoms with Crippen molar-refractivity contribution in [1.82, 2.24) is 15.3 Å². The van der Waals surface area contributed by atoms with Gasteiger partial charge in [0.1, 0.15) is 22.6 Å². The average molecular weight is 420 g/mol. The van der Waals surface area contributed by atoms with Crippen LogP contribution in [0.2, 0.25) is 0 Å². The Morgan fingerprint density at radius 3 is 2.70 bits per heavy atom. The molecule has 1 aliphatic carbocycles. The maximum Gasteiger partial charge on any atom is 0.407 e. The van der Waals surface area contributed by atoms with E-state index in [0.717, 1.165) is 0 Å². The summed E-state index contributed by atoms with van der Waals surface area (Å²) in [6.07, 6.45) is 1.74. The molecule has 0 aliphatic heterocycles. The number of hydrogen-bond acceptors (Lipinski definition) is 7. The highest BCUT2D eigenvalue weighted by molar-refractivity contribution is 5.89. The maximum atomic E-state index is 14.8. The highest BCUT2D eigenvalue weighted by Gasteiger charge is 2.34. The Kier molecular flexibility index (Phi) is 6.30. The number of rotatable bonds is 4. The minimum absolute atomic E-state index is 0.211. The standard InChI is InChI=1S/C21H29FN4O4/c1-21(2,3)30-20(28)24-12-6-9-15(16(27)10-12)26(4)19-13(22)7-8-14-18(19)25-17(29-5)11-23-14/h7-8,11-12,15-16,27H,6,9-10H2,1-5H3,(H,24,28)/t12-,15-,16+/m1/s1. The fraction of sp³-hybridized carbons (Fsp3) is 0.571. The number of alkyl carbamates (subject to hydrolysis) is 1. The van der Waals surface area contributed by atoms with Gasteiger partial charge in [-0.25, -0.2) is 19.2 Å². The van der Waals surface area contributed by atoms with Crippen molar-refractivity contribution >= 4 is 22.8 Å². The zero-order chi connectivity index (χ0) is 22.1. The number of nitrogens with one attached hydrogen (secondary N) is 1. The fourth-order valence-electron chi connectivity index (χ4n) is 3.81. The summed E-state index contributed by atoms with van der Waals surface area (Å²) in [6.45, 7) is 5.39. The Bertz CT molecular complexity index is 918. The van der Waals surface area contributed by atoms with E-state index in [1.165, 1.54) is 19.4 Å². The van der Waals surface area contributed by atoms with E-state index < -0.39 is 23.6 Å². The van der Waals surface area contributed by atoms with Crippen molar-refractivity contribution < 1.29 is 23.8 Å². The summed E-state index contributed by atoms with van der Waals surface area (Å²) in [4.78, 5) is 22.4. The summed E-state index contributed by atoms with van der Waals surface area (Å²) in [6, 6.07) is 2.36. The number of ether oxygens (including phenoxy) is 2. The zero-order valence-electron chi connectivity index (χ0n) is 18.0. The molecule has 8 nitrogen and oxygen atoms in total. The van der Waals surface area contributed by atoms with Gasteiger partial charge in [0.15, 0.2) is 0 Å². The lowest BCUT2D eigenvalue weighted by atomic mass is 9.87. The molecule has 1 heterocycles. The van der Waals surface area contributed by atoms with Crippen LogP contribution in [0.5, 0.6) is 5.88 Å². The van der Waals surface area contributed by atoms with E-state index >= 15 is 0 Å². The van der Waals surface area contributed by atoms with E-state index in [0.29, 0.717) is 30.3 Å². The number of anilines is 1. The number of amides is 1. The van der Waals surface area contributed by atoms with E-state index in [9.17, 15) is 14.3 Å². The van der Waals surface area contributed by atoms with Crippen LogP contribution in [-0.4, -0.2) is 59.1 Å². The molecule has 1 aromatic carbocycles. The van der Waals surface area contributed by atoms with Crippen molar-refractivity contribution in [3.63, 3.8) is 0 Å². The lowest BCUT2D eigenvalue weighted by molar-refractivity contribution is 0.0427. The molecular formula is C21H29FN4O4. The first-order chi connectivity index (χ1) is 14.1. The molecule has 3 atom stereocenters. The molecule has 2 N–H and O–H groups in total. The molecule has 1 aliphatic rings. The predicted octanol–water partition coefficient (Wildman–Crippen LogP) is 3.02. The van der Waals surface area contributed by atoms with Crippen LogP contribution < -0.4 is 15.0 Å². The van der Waals surface area contributed by atoms with Gasteiger partial charge >= 0.3 is 6.09 Å². The number of aliphatic hydroxyl groups excluding tert-OH is 1. The van der Waals surface area contributed by atoms with Gasteiger partial charge < -0.3 is 24.8 Å². The van der Waals surface area contributed by atoms with Crippen molar-refractivity contribution in [2.45, 2.75) is 63.8 Å². The SMILES string of the molecule is COc1cnc2ccc(F)c(N(C)[C@@H]3CC[C@@H](NC(=O)OC(C)(C)C)C[C@@H]3O)c2n1. The first-order valence-electron chi connectivity index (χ1n) is 9.98. The van der Waals surface area contributed by atoms with Crippen molar-refractivity contribution in [2.24, 2.45) is 0 Å². The molecule has 1 amide bonds. The third-order valence-corrected chi connectivity index (χ3v) is 5.18. The number of likely N-dealkylation sites (N-methyl/N-ethyl adjacent to an activating group) is 1. The second kappa shape index (κ2) is 8.59. The molecule has 164 valence electrons. The lowest BCUT2D eigenvalue weighted by Gasteiger charge is -2.40. The van der Waals surface area contributed by atoms with Gasteiger partial charge in [-0.1, -0.05) is 0 Å². The molecule has 0 radical (unpaired) electrons. The number of methoxy groups -OCH3 is 1. The summed E-state index contributed by atoms with van der Waals surface area (Å²) in [5.41, 5.74) is 0.585. The molecule has 2 aromatic rings. The Balaban J connectivity index is 1.76. The van der Waals surface area contributed by atoms with Crippen LogP contribution in [0.4, 0.5) is 14.9 Å². The number of fused-ring (bicyclic) bond motifs is 1. The summed E-state index contributed by atoms with van der Waals surface area (Å²) in [5.74, 6) is -0.165. The first kappa shape index (κ1) is 22.0. The molecule has 1 aromatic heterocycles. The number of carbonyl (C=O) groups is 1. The van der Waals surface area contributed by atoms with Crippen LogP contribution in [0, 0.1) is 5.82 Å². The second-order valence-corrected chi connectivity index (χ2v) is 8.58. The third kappa shape index (κ3) is 4.89. The van der Waals surface area contributed by atoms with Crippen LogP contribution in [-0.2, 0) is 4.74 Å². The largest absolute Gasteiger partial charge is 0.480 e. The van der Waals surface area contributed by atoms with Gasteiger partial charge in [0.2, 0.25) is 5.88 Å². The monoisotopic (exact) mass is 420 g/mol. The van der Waals surface area contributed by atoms with Crippen molar-refractivity contribution in [2.75, 3.05) is 19.1 Å². The van der Waals surface area contributed by atoms with E-state index in [4.69, 9.17) is 9.47 Å². The van der Waals surface area contributed by atoms with Crippen LogP contribution in [0.25, 0.3) is 11.0 Å². The summed E-state index contributed by atoms with van der Waals surface area (Å²) in [7, 11) is 3.20. The van der Waals surface area contributed by atoms with E-state index in [2.05, 4.69) is 15.3 Å². The maximum absolute atomic E-state index is 14.8. The minimum atomic E-state index is -0.767. The molecule has 1 fully saturated rings. The lowest BCUT2D eigenvalue weighted by Crippen LogP contribution is -2.51. The second-order valence-electron chi connectivity index (χ2n) is 8.58. The highest BCUT2D eigenvalue weighted by atomic mass is 19.1. The van der Waals surface area contributed by atoms with Crippen LogP contribution >= 0.6 is 0 Å². The number of nitrogens with zero attached hydrogens (tertiary/aromatic N) is 3. The molecule has 0 saturated heterocycles. The molecule has 0 bridgehead atoms. The van der Waals surface area contributed by atoms with Gasteiger partial charge in [-0.05, 0) is 52.2 Å². The van der Waals surface area contributed by atoms with Gasteiger partial charge in [0, 0.05) is 13.1 Å². The van der Waals surface area contributed by atoms with Crippen molar-refractivity contribution in [3.05, 3.63) is 24.1 Å². The van der Waals surface area contributed by atoms with Crippen LogP contribution in [0.3, 0.4) is 0 Å². The van der Waals surface area contributed by atoms with Crippen molar-refractivity contribution in [1.29, 1.82) is 0 Å². The Morgan fingerprint density at radius 2 is 2.07 bits per heavy atom. The Morgan fingerprint density at radius 1 is 1.33 bits per heavy atom. The zero-order valence-corrected chi connectivity index (χ0v) is 18.0. The smallest absolute Gasteiger partial charge is 0.407 e. The Hall–Kier alpha value is -2.68. The summed E-state index contributed by atoms with van der Waals surface area (Å²) < 4.78 is 25.2. The predicted molar refractivity (Wildman–Crippen MR) is 111 cm³/mol. The molecule has 0 spiro atoms. The third-order valence-electron chi connectivity index (χ3n) is 5.18. The molecule has 30 heavy (non-hydrogen) atoms. The quantitative estimate of drug-likeness (QED) is 0.785. The van der Waals surface area contributed by atoms with E-state index in [-0.39, 0.29) is 23.7 Å². The van der Waals surface area contributed by atoms with Gasteiger partial charge in [-0.3, -0.25) is 0 Å². The molecular weight excluding hydrogens is 391 g/mol. The van der Waals surface area contributed by atoms with Crippen molar-refractivity contribution in [3.8, 4) is 5.88 Å². The number of aromatic nitrogens is 2. The van der Waals surface area contributed by atoms with E-state index in [1.54, 1.807) is 38.8 Å². The van der Waals surface area contributed by atoms with Gasteiger partial charge in [-0.2, -0.15) is 0 Å². The fourth-order valence-corrected chi connectivity index (χ4v) is 3.81. The average Bonchev–Trinajstić information content (AvgIpc) is 2.65. The number of benzene rings is 1. The molecule has 1 saturated carbocycles. The van der Waals surface area contributed by atoms with Gasteiger partial charge in [0.25, 0.3) is 0 Å². The first-order valence-corrected chi connectivity index (χ1v) is 9.98. The number of aliphatic hydroxyl groups is 1. The minimum Gasteiger partial charge on any atom is -0.480 e. The topological polar surface area (TPSA) is 96.8 Å². The number of halogens is 1. The highest BCUT2D eigenvalue weighted by Crippen LogP contribution is 2.33.